The van der Waals surface area contributed by atoms with Crippen molar-refractivity contribution in [2.75, 3.05) is 46.2 Å². The molecule has 8 heteroatoms. The predicted octanol–water partition coefficient (Wildman–Crippen LogP) is 4.94. The van der Waals surface area contributed by atoms with E-state index in [1.54, 1.807) is 0 Å². The van der Waals surface area contributed by atoms with Gasteiger partial charge in [-0.3, -0.25) is 0 Å². The summed E-state index contributed by atoms with van der Waals surface area (Å²) >= 11 is 0. The van der Waals surface area contributed by atoms with E-state index in [1.165, 1.54) is 38.5 Å². The number of amides is 1. The molecule has 0 spiro atoms. The minimum Gasteiger partial charge on any atom is -0.450 e. The second kappa shape index (κ2) is 21.6. The Morgan fingerprint density at radius 2 is 1.33 bits per heavy atom. The van der Waals surface area contributed by atoms with E-state index < -0.39 is 8.80 Å². The molecule has 0 bridgehead atoms. The molecular formula is C22H45NO6Si. The minimum atomic E-state index is -2.52. The fraction of sp³-hybridized carbons (Fsp3) is 0.864. The van der Waals surface area contributed by atoms with Crippen LogP contribution in [-0.2, 0) is 22.8 Å². The molecule has 1 N–H and O–H groups in total. The van der Waals surface area contributed by atoms with Crippen molar-refractivity contribution in [1.82, 2.24) is 5.32 Å². The second-order valence-electron chi connectivity index (χ2n) is 7.00. The molecule has 0 aliphatic carbocycles. The number of carbonyl (C=O) groups excluding carboxylic acids is 1. The molecule has 0 heterocycles. The van der Waals surface area contributed by atoms with Gasteiger partial charge in [0, 0.05) is 39.0 Å². The number of carbonyl (C=O) groups is 1. The van der Waals surface area contributed by atoms with E-state index in [4.69, 9.17) is 22.8 Å². The lowest BCUT2D eigenvalue weighted by atomic mass is 10.1. The number of hydrogen-bond donors (Lipinski definition) is 1. The lowest BCUT2D eigenvalue weighted by molar-refractivity contribution is 0.0748. The molecule has 0 aromatic rings. The third kappa shape index (κ3) is 17.1. The minimum absolute atomic E-state index is 0.371. The molecule has 2 radical (unpaired) electrons. The van der Waals surface area contributed by atoms with Crippen molar-refractivity contribution in [1.29, 1.82) is 0 Å². The molecule has 0 atom stereocenters. The van der Waals surface area contributed by atoms with Gasteiger partial charge in [-0.1, -0.05) is 44.9 Å². The predicted molar refractivity (Wildman–Crippen MR) is 122 cm³/mol. The Bertz CT molecular complexity index is 370. The molecular weight excluding hydrogens is 402 g/mol. The molecule has 0 saturated carbocycles. The van der Waals surface area contributed by atoms with Gasteiger partial charge in [0.15, 0.2) is 0 Å². The first-order chi connectivity index (χ1) is 14.6. The van der Waals surface area contributed by atoms with Crippen LogP contribution in [0.3, 0.4) is 0 Å². The van der Waals surface area contributed by atoms with E-state index >= 15 is 0 Å². The Kier molecular flexibility index (Phi) is 21.1. The van der Waals surface area contributed by atoms with Crippen LogP contribution in [0.15, 0.2) is 0 Å². The van der Waals surface area contributed by atoms with Gasteiger partial charge in [0.2, 0.25) is 0 Å². The molecule has 0 saturated heterocycles. The largest absolute Gasteiger partial charge is 0.500 e. The number of unbranched alkanes of at least 4 members (excludes halogenated alkanes) is 8. The maximum atomic E-state index is 11.4. The summed E-state index contributed by atoms with van der Waals surface area (Å²) in [5.74, 6) is 0. The third-order valence-corrected chi connectivity index (χ3v) is 7.64. The zero-order chi connectivity index (χ0) is 22.3. The Labute approximate surface area is 185 Å². The molecule has 0 aliphatic rings. The number of alkyl carbamates (subject to hydrolysis) is 1. The van der Waals surface area contributed by atoms with Crippen LogP contribution < -0.4 is 5.32 Å². The average Bonchev–Trinajstić information content (AvgIpc) is 2.72. The molecule has 7 nitrogen and oxygen atoms in total. The number of nitrogens with one attached hydrogen (secondary N) is 1. The summed E-state index contributed by atoms with van der Waals surface area (Å²) in [5.41, 5.74) is 0. The lowest BCUT2D eigenvalue weighted by Gasteiger charge is -2.28. The first-order valence-corrected chi connectivity index (χ1v) is 13.6. The van der Waals surface area contributed by atoms with E-state index in [1.807, 2.05) is 13.8 Å². The van der Waals surface area contributed by atoms with E-state index in [0.717, 1.165) is 25.3 Å². The second-order valence-corrected chi connectivity index (χ2v) is 9.74. The smallest absolute Gasteiger partial charge is 0.450 e. The third-order valence-electron chi connectivity index (χ3n) is 4.57. The van der Waals surface area contributed by atoms with Crippen molar-refractivity contribution in [2.24, 2.45) is 0 Å². The van der Waals surface area contributed by atoms with E-state index in [0.29, 0.717) is 46.2 Å². The van der Waals surface area contributed by atoms with Gasteiger partial charge in [0.05, 0.1) is 13.2 Å². The first-order valence-electron chi connectivity index (χ1n) is 11.6. The Morgan fingerprint density at radius 3 is 1.87 bits per heavy atom. The van der Waals surface area contributed by atoms with Crippen LogP contribution in [-0.4, -0.2) is 61.1 Å². The number of ether oxygens (including phenoxy) is 2. The van der Waals surface area contributed by atoms with Crippen LogP contribution in [0.1, 0.15) is 71.6 Å². The summed E-state index contributed by atoms with van der Waals surface area (Å²) in [6.45, 7) is 14.7. The van der Waals surface area contributed by atoms with Gasteiger partial charge in [-0.25, -0.2) is 4.79 Å². The van der Waals surface area contributed by atoms with Gasteiger partial charge < -0.3 is 28.1 Å². The van der Waals surface area contributed by atoms with Crippen LogP contribution in [0.25, 0.3) is 0 Å². The van der Waals surface area contributed by atoms with Gasteiger partial charge >= 0.3 is 14.9 Å². The molecule has 0 aromatic carbocycles. The molecule has 1 amide bonds. The van der Waals surface area contributed by atoms with Gasteiger partial charge in [-0.05, 0) is 40.5 Å². The van der Waals surface area contributed by atoms with Crippen molar-refractivity contribution in [3.8, 4) is 0 Å². The summed E-state index contributed by atoms with van der Waals surface area (Å²) in [5, 5.41) is 2.65. The monoisotopic (exact) mass is 447 g/mol. The van der Waals surface area contributed by atoms with E-state index in [-0.39, 0.29) is 6.09 Å². The number of rotatable bonds is 22. The Hall–Kier alpha value is -0.673. The topological polar surface area (TPSA) is 75.3 Å². The molecule has 0 unspecified atom stereocenters. The zero-order valence-corrected chi connectivity index (χ0v) is 20.4. The zero-order valence-electron chi connectivity index (χ0n) is 19.4. The molecule has 30 heavy (non-hydrogen) atoms. The summed E-state index contributed by atoms with van der Waals surface area (Å²) in [4.78, 5) is 11.4. The average molecular weight is 448 g/mol. The number of hydrogen-bond acceptors (Lipinski definition) is 6. The van der Waals surface area contributed by atoms with Crippen LogP contribution in [0.5, 0.6) is 0 Å². The molecule has 0 rings (SSSR count). The van der Waals surface area contributed by atoms with E-state index in [2.05, 4.69) is 19.2 Å². The molecule has 0 aromatic heterocycles. The fourth-order valence-electron chi connectivity index (χ4n) is 3.16. The van der Waals surface area contributed by atoms with Crippen LogP contribution in [0.4, 0.5) is 4.79 Å². The van der Waals surface area contributed by atoms with E-state index in [9.17, 15) is 4.79 Å². The van der Waals surface area contributed by atoms with Crippen molar-refractivity contribution in [3.05, 3.63) is 13.8 Å². The lowest BCUT2D eigenvalue weighted by Crippen LogP contribution is -2.45. The summed E-state index contributed by atoms with van der Waals surface area (Å²) < 4.78 is 27.7. The Balaban J connectivity index is 3.53. The quantitative estimate of drug-likeness (QED) is 0.187. The van der Waals surface area contributed by atoms with Crippen molar-refractivity contribution < 1.29 is 27.5 Å². The molecule has 0 aliphatic heterocycles. The molecule has 0 fully saturated rings. The van der Waals surface area contributed by atoms with Crippen LogP contribution in [0.2, 0.25) is 6.04 Å². The highest BCUT2D eigenvalue weighted by Gasteiger charge is 2.39. The molecule has 178 valence electrons. The summed E-state index contributed by atoms with van der Waals surface area (Å²) in [6.07, 6.45) is 10.0. The normalized spacial score (nSPS) is 11.6. The van der Waals surface area contributed by atoms with Crippen molar-refractivity contribution >= 4 is 14.9 Å². The highest BCUT2D eigenvalue weighted by atomic mass is 28.4. The van der Waals surface area contributed by atoms with Gasteiger partial charge in [0.25, 0.3) is 0 Å². The highest BCUT2D eigenvalue weighted by Crippen LogP contribution is 2.20. The fourth-order valence-corrected chi connectivity index (χ4v) is 5.72. The standard InChI is InChI=1S/C22H45NO6Si/c1-5-25-20-18-23-22(24)26-19-16-14-12-10-9-11-13-15-17-21-30(27-6-2,28-7-3)29-8-4/h1-2,5-21H2,3-4H3,(H,23,24). The van der Waals surface area contributed by atoms with Gasteiger partial charge in [0.1, 0.15) is 0 Å². The summed E-state index contributed by atoms with van der Waals surface area (Å²) in [6, 6.07) is 0.876. The summed E-state index contributed by atoms with van der Waals surface area (Å²) in [7, 11) is -2.52. The van der Waals surface area contributed by atoms with Gasteiger partial charge in [-0.2, -0.15) is 0 Å². The van der Waals surface area contributed by atoms with Gasteiger partial charge in [-0.15, -0.1) is 0 Å². The maximum Gasteiger partial charge on any atom is 0.500 e. The van der Waals surface area contributed by atoms with Crippen LogP contribution in [0, 0.1) is 13.8 Å². The SMILES string of the molecule is [CH2]COCCNC(=O)OCCCCCCCCCCC[Si](OC[CH2])(OCC)OCC. The maximum absolute atomic E-state index is 11.4. The Morgan fingerprint density at radius 1 is 0.767 bits per heavy atom. The van der Waals surface area contributed by atoms with Crippen molar-refractivity contribution in [3.63, 3.8) is 0 Å². The highest BCUT2D eigenvalue weighted by molar-refractivity contribution is 6.60. The first kappa shape index (κ1) is 29.3. The van der Waals surface area contributed by atoms with Crippen LogP contribution >= 0.6 is 0 Å². The van der Waals surface area contributed by atoms with Crippen molar-refractivity contribution in [2.45, 2.75) is 77.7 Å².